The van der Waals surface area contributed by atoms with Gasteiger partial charge < -0.3 is 15.4 Å². The zero-order valence-corrected chi connectivity index (χ0v) is 13.6. The summed E-state index contributed by atoms with van der Waals surface area (Å²) in [5, 5.41) is 13.1. The van der Waals surface area contributed by atoms with Crippen LogP contribution in [0.2, 0.25) is 0 Å². The number of amides is 1. The first-order valence-corrected chi connectivity index (χ1v) is 8.34. The molecule has 7 heteroatoms. The molecule has 1 aromatic heterocycles. The van der Waals surface area contributed by atoms with Crippen LogP contribution in [0.1, 0.15) is 30.7 Å². The number of rotatable bonds is 8. The molecule has 128 valence electrons. The molecule has 1 heterocycles. The van der Waals surface area contributed by atoms with Crippen molar-refractivity contribution in [3.8, 4) is 0 Å². The van der Waals surface area contributed by atoms with E-state index < -0.39 is 0 Å². The molecule has 0 unspecified atom stereocenters. The van der Waals surface area contributed by atoms with E-state index in [4.69, 9.17) is 4.74 Å². The molecule has 0 saturated heterocycles. The molecule has 7 nitrogen and oxygen atoms in total. The van der Waals surface area contributed by atoms with E-state index in [1.807, 2.05) is 30.3 Å². The lowest BCUT2D eigenvalue weighted by atomic mass is 9.87. The van der Waals surface area contributed by atoms with Gasteiger partial charge in [-0.15, -0.1) is 0 Å². The van der Waals surface area contributed by atoms with Gasteiger partial charge in [0, 0.05) is 18.5 Å². The number of nitrogens with zero attached hydrogens (tertiary/aromatic N) is 2. The number of H-pyrrole nitrogens is 1. The Balaban J connectivity index is 1.22. The lowest BCUT2D eigenvalue weighted by Gasteiger charge is -2.36. The predicted octanol–water partition coefficient (Wildman–Crippen LogP) is 1.78. The molecule has 2 aromatic rings. The molecule has 0 bridgehead atoms. The van der Waals surface area contributed by atoms with Crippen molar-refractivity contribution in [2.45, 2.75) is 44.4 Å². The molecule has 1 aliphatic rings. The Labute approximate surface area is 141 Å². The molecular formula is C17H23N5O2. The molecule has 1 aliphatic carbocycles. The number of carbonyl (C=O) groups excluding carboxylic acids is 1. The number of aromatic nitrogens is 3. The molecule has 1 saturated carbocycles. The first kappa shape index (κ1) is 16.4. The summed E-state index contributed by atoms with van der Waals surface area (Å²) in [5.41, 5.74) is 0.993. The third-order valence-corrected chi connectivity index (χ3v) is 4.16. The van der Waals surface area contributed by atoms with Gasteiger partial charge in [-0.05, 0) is 31.4 Å². The standard InChI is InChI=1S/C17H23N5O2/c23-17(24-11-13-5-2-1-3-6-13)21-15-9-14(10-15)18-8-4-7-16-19-12-20-22-16/h1-3,5-6,12,14-15,18H,4,7-11H2,(H,21,23)(H,19,20,22). The van der Waals surface area contributed by atoms with Crippen LogP contribution in [0.25, 0.3) is 0 Å². The number of aryl methyl sites for hydroxylation is 1. The second kappa shape index (κ2) is 8.44. The fraction of sp³-hybridized carbons (Fsp3) is 0.471. The van der Waals surface area contributed by atoms with Crippen LogP contribution < -0.4 is 10.6 Å². The van der Waals surface area contributed by atoms with Gasteiger partial charge in [0.2, 0.25) is 0 Å². The molecule has 1 amide bonds. The van der Waals surface area contributed by atoms with E-state index in [9.17, 15) is 4.79 Å². The Bertz CT molecular complexity index is 611. The van der Waals surface area contributed by atoms with Crippen LogP contribution in [0.4, 0.5) is 4.79 Å². The molecule has 0 aliphatic heterocycles. The van der Waals surface area contributed by atoms with Gasteiger partial charge in [-0.1, -0.05) is 30.3 Å². The second-order valence-corrected chi connectivity index (χ2v) is 6.06. The lowest BCUT2D eigenvalue weighted by Crippen LogP contribution is -2.52. The maximum Gasteiger partial charge on any atom is 0.407 e. The minimum absolute atomic E-state index is 0.208. The van der Waals surface area contributed by atoms with Crippen molar-refractivity contribution in [3.05, 3.63) is 48.0 Å². The molecule has 24 heavy (non-hydrogen) atoms. The van der Waals surface area contributed by atoms with E-state index in [0.717, 1.165) is 43.6 Å². The highest BCUT2D eigenvalue weighted by Crippen LogP contribution is 2.20. The molecule has 3 rings (SSSR count). The molecule has 0 spiro atoms. The van der Waals surface area contributed by atoms with Crippen molar-refractivity contribution in [2.24, 2.45) is 0 Å². The predicted molar refractivity (Wildman–Crippen MR) is 89.3 cm³/mol. The van der Waals surface area contributed by atoms with Crippen molar-refractivity contribution >= 4 is 6.09 Å². The quantitative estimate of drug-likeness (QED) is 0.642. The number of alkyl carbamates (subject to hydrolysis) is 1. The van der Waals surface area contributed by atoms with Crippen molar-refractivity contribution < 1.29 is 9.53 Å². The number of hydrogen-bond acceptors (Lipinski definition) is 5. The fourth-order valence-electron chi connectivity index (χ4n) is 2.75. The third-order valence-electron chi connectivity index (χ3n) is 4.16. The monoisotopic (exact) mass is 329 g/mol. The summed E-state index contributed by atoms with van der Waals surface area (Å²) in [4.78, 5) is 15.8. The van der Waals surface area contributed by atoms with E-state index in [2.05, 4.69) is 25.8 Å². The zero-order valence-electron chi connectivity index (χ0n) is 13.6. The van der Waals surface area contributed by atoms with E-state index in [1.165, 1.54) is 6.33 Å². The van der Waals surface area contributed by atoms with Gasteiger partial charge in [-0.25, -0.2) is 9.78 Å². The van der Waals surface area contributed by atoms with Gasteiger partial charge in [0.1, 0.15) is 18.8 Å². The van der Waals surface area contributed by atoms with Crippen molar-refractivity contribution in [1.29, 1.82) is 0 Å². The van der Waals surface area contributed by atoms with Gasteiger partial charge in [-0.3, -0.25) is 5.10 Å². The topological polar surface area (TPSA) is 91.9 Å². The van der Waals surface area contributed by atoms with Gasteiger partial charge in [-0.2, -0.15) is 5.10 Å². The first-order valence-electron chi connectivity index (χ1n) is 8.34. The Kier molecular flexibility index (Phi) is 5.79. The number of hydrogen-bond donors (Lipinski definition) is 3. The van der Waals surface area contributed by atoms with Crippen LogP contribution in [-0.4, -0.2) is 39.9 Å². The zero-order chi connectivity index (χ0) is 16.6. The van der Waals surface area contributed by atoms with E-state index in [-0.39, 0.29) is 12.1 Å². The summed E-state index contributed by atoms with van der Waals surface area (Å²) >= 11 is 0. The summed E-state index contributed by atoms with van der Waals surface area (Å²) < 4.78 is 5.22. The summed E-state index contributed by atoms with van der Waals surface area (Å²) in [6, 6.07) is 10.4. The average Bonchev–Trinajstić information content (AvgIpc) is 3.08. The van der Waals surface area contributed by atoms with Gasteiger partial charge in [0.05, 0.1) is 0 Å². The maximum atomic E-state index is 11.7. The van der Waals surface area contributed by atoms with Gasteiger partial charge in [0.15, 0.2) is 0 Å². The summed E-state index contributed by atoms with van der Waals surface area (Å²) in [6.45, 7) is 1.25. The molecular weight excluding hydrogens is 306 g/mol. The number of benzene rings is 1. The van der Waals surface area contributed by atoms with Gasteiger partial charge in [0.25, 0.3) is 0 Å². The number of nitrogens with one attached hydrogen (secondary N) is 3. The molecule has 1 fully saturated rings. The Morgan fingerprint density at radius 3 is 2.83 bits per heavy atom. The van der Waals surface area contributed by atoms with E-state index in [1.54, 1.807) is 0 Å². The highest BCUT2D eigenvalue weighted by Gasteiger charge is 2.30. The summed E-state index contributed by atoms with van der Waals surface area (Å²) in [5.74, 6) is 0.922. The van der Waals surface area contributed by atoms with Crippen molar-refractivity contribution in [2.75, 3.05) is 6.54 Å². The molecule has 0 atom stereocenters. The Hall–Kier alpha value is -2.41. The van der Waals surface area contributed by atoms with Crippen LogP contribution in [-0.2, 0) is 17.8 Å². The normalized spacial score (nSPS) is 19.5. The van der Waals surface area contributed by atoms with E-state index >= 15 is 0 Å². The van der Waals surface area contributed by atoms with Crippen LogP contribution in [0, 0.1) is 0 Å². The Morgan fingerprint density at radius 1 is 1.25 bits per heavy atom. The highest BCUT2D eigenvalue weighted by atomic mass is 16.5. The molecule has 1 aromatic carbocycles. The van der Waals surface area contributed by atoms with Crippen molar-refractivity contribution in [3.63, 3.8) is 0 Å². The minimum Gasteiger partial charge on any atom is -0.445 e. The van der Waals surface area contributed by atoms with Crippen LogP contribution in [0.15, 0.2) is 36.7 Å². The van der Waals surface area contributed by atoms with Gasteiger partial charge >= 0.3 is 6.09 Å². The van der Waals surface area contributed by atoms with Crippen molar-refractivity contribution in [1.82, 2.24) is 25.8 Å². The first-order chi connectivity index (χ1) is 11.8. The summed E-state index contributed by atoms with van der Waals surface area (Å²) in [7, 11) is 0. The largest absolute Gasteiger partial charge is 0.445 e. The van der Waals surface area contributed by atoms with E-state index in [0.29, 0.717) is 12.6 Å². The number of ether oxygens (including phenoxy) is 1. The fourth-order valence-corrected chi connectivity index (χ4v) is 2.75. The highest BCUT2D eigenvalue weighted by molar-refractivity contribution is 5.67. The minimum atomic E-state index is -0.340. The number of carbonyl (C=O) groups is 1. The third kappa shape index (κ3) is 5.06. The van der Waals surface area contributed by atoms with Crippen LogP contribution in [0.5, 0.6) is 0 Å². The maximum absolute atomic E-state index is 11.7. The Morgan fingerprint density at radius 2 is 2.08 bits per heavy atom. The smallest absolute Gasteiger partial charge is 0.407 e. The molecule has 3 N–H and O–H groups in total. The lowest BCUT2D eigenvalue weighted by molar-refractivity contribution is 0.125. The average molecular weight is 329 g/mol. The van der Waals surface area contributed by atoms with Crippen LogP contribution in [0.3, 0.4) is 0 Å². The molecule has 0 radical (unpaired) electrons. The SMILES string of the molecule is O=C(NC1CC(NCCCc2ncn[nH]2)C1)OCc1ccccc1. The second-order valence-electron chi connectivity index (χ2n) is 6.06. The number of aromatic amines is 1. The summed E-state index contributed by atoms with van der Waals surface area (Å²) in [6.07, 6.45) is 5.00. The van der Waals surface area contributed by atoms with Crippen LogP contribution >= 0.6 is 0 Å².